The number of nitrogens with zero attached hydrogens (tertiary/aromatic N) is 3. The first-order valence-corrected chi connectivity index (χ1v) is 8.36. The fourth-order valence-electron chi connectivity index (χ4n) is 2.67. The fourth-order valence-corrected chi connectivity index (χ4v) is 2.67. The van der Waals surface area contributed by atoms with Gasteiger partial charge in [0, 0.05) is 38.4 Å². The molecule has 1 aliphatic heterocycles. The third-order valence-corrected chi connectivity index (χ3v) is 4.05. The number of amides is 2. The van der Waals surface area contributed by atoms with Gasteiger partial charge in [-0.2, -0.15) is 0 Å². The van der Waals surface area contributed by atoms with E-state index in [1.165, 1.54) is 0 Å². The third-order valence-electron chi connectivity index (χ3n) is 4.05. The number of aromatic nitrogens is 2. The molecular formula is C18H21N5O2. The molecule has 0 saturated heterocycles. The second-order valence-corrected chi connectivity index (χ2v) is 5.84. The van der Waals surface area contributed by atoms with Crippen LogP contribution in [0.3, 0.4) is 0 Å². The normalized spacial score (nSPS) is 12.8. The van der Waals surface area contributed by atoms with Gasteiger partial charge in [-0.25, -0.2) is 4.98 Å². The zero-order valence-electron chi connectivity index (χ0n) is 14.2. The fraction of sp³-hybridized carbons (Fsp3) is 0.333. The number of fused-ring (bicyclic) bond motifs is 1. The van der Waals surface area contributed by atoms with Crippen LogP contribution >= 0.6 is 0 Å². The van der Waals surface area contributed by atoms with Crippen LogP contribution in [-0.2, 0) is 17.9 Å². The highest BCUT2D eigenvalue weighted by molar-refractivity contribution is 5.98. The summed E-state index contributed by atoms with van der Waals surface area (Å²) in [6.45, 7) is 3.84. The maximum absolute atomic E-state index is 12.4. The number of carbonyl (C=O) groups excluding carboxylic acids is 2. The largest absolute Gasteiger partial charge is 0.366 e. The van der Waals surface area contributed by atoms with Crippen molar-refractivity contribution in [2.24, 2.45) is 0 Å². The highest BCUT2D eigenvalue weighted by atomic mass is 16.2. The zero-order chi connectivity index (χ0) is 17.6. The van der Waals surface area contributed by atoms with Crippen LogP contribution in [0, 0.1) is 0 Å². The number of anilines is 1. The van der Waals surface area contributed by atoms with Crippen LogP contribution in [-0.4, -0.2) is 39.8 Å². The van der Waals surface area contributed by atoms with Crippen molar-refractivity contribution in [1.82, 2.24) is 20.2 Å². The quantitative estimate of drug-likeness (QED) is 0.799. The van der Waals surface area contributed by atoms with Crippen LogP contribution in [0.4, 0.5) is 5.82 Å². The summed E-state index contributed by atoms with van der Waals surface area (Å²) in [7, 11) is 0. The summed E-state index contributed by atoms with van der Waals surface area (Å²) in [5.74, 6) is 0.688. The first kappa shape index (κ1) is 16.9. The molecule has 2 aromatic heterocycles. The van der Waals surface area contributed by atoms with Crippen molar-refractivity contribution in [3.8, 4) is 0 Å². The van der Waals surface area contributed by atoms with Gasteiger partial charge in [0.25, 0.3) is 5.91 Å². The van der Waals surface area contributed by atoms with Crippen LogP contribution in [0.5, 0.6) is 0 Å². The molecule has 0 radical (unpaired) electrons. The first-order chi connectivity index (χ1) is 12.2. The molecule has 130 valence electrons. The SMILES string of the molecule is CCC(=O)NCCN1Cc2nc(NCc3cccnc3)ccc2C1=O. The highest BCUT2D eigenvalue weighted by Gasteiger charge is 2.28. The molecule has 0 aliphatic carbocycles. The van der Waals surface area contributed by atoms with Crippen molar-refractivity contribution in [3.63, 3.8) is 0 Å². The molecule has 2 aromatic rings. The minimum atomic E-state index is -0.0351. The van der Waals surface area contributed by atoms with Gasteiger partial charge in [-0.3, -0.25) is 14.6 Å². The predicted molar refractivity (Wildman–Crippen MR) is 93.8 cm³/mol. The molecule has 2 N–H and O–H groups in total. The molecule has 7 heteroatoms. The van der Waals surface area contributed by atoms with Crippen LogP contribution < -0.4 is 10.6 Å². The van der Waals surface area contributed by atoms with Crippen LogP contribution in [0.15, 0.2) is 36.7 Å². The van der Waals surface area contributed by atoms with E-state index in [1.54, 1.807) is 30.3 Å². The summed E-state index contributed by atoms with van der Waals surface area (Å²) in [5.41, 5.74) is 2.46. The number of nitrogens with one attached hydrogen (secondary N) is 2. The maximum atomic E-state index is 12.4. The molecule has 25 heavy (non-hydrogen) atoms. The summed E-state index contributed by atoms with van der Waals surface area (Å²) < 4.78 is 0. The first-order valence-electron chi connectivity index (χ1n) is 8.36. The molecule has 7 nitrogen and oxygen atoms in total. The van der Waals surface area contributed by atoms with Crippen LogP contribution in [0.2, 0.25) is 0 Å². The Morgan fingerprint density at radius 2 is 2.20 bits per heavy atom. The van der Waals surface area contributed by atoms with Crippen LogP contribution in [0.25, 0.3) is 0 Å². The Kier molecular flexibility index (Phi) is 5.23. The van der Waals surface area contributed by atoms with Gasteiger partial charge in [-0.05, 0) is 23.8 Å². The molecule has 3 heterocycles. The molecule has 0 saturated carbocycles. The van der Waals surface area contributed by atoms with Crippen molar-refractivity contribution in [1.29, 1.82) is 0 Å². The van der Waals surface area contributed by atoms with Gasteiger partial charge in [-0.1, -0.05) is 13.0 Å². The second kappa shape index (κ2) is 7.74. The summed E-state index contributed by atoms with van der Waals surface area (Å²) in [6.07, 6.45) is 3.98. The Balaban J connectivity index is 1.58. The van der Waals surface area contributed by atoms with Gasteiger partial charge in [0.2, 0.25) is 5.91 Å². The van der Waals surface area contributed by atoms with Crippen LogP contribution in [0.1, 0.15) is 35.0 Å². The summed E-state index contributed by atoms with van der Waals surface area (Å²) >= 11 is 0. The lowest BCUT2D eigenvalue weighted by Gasteiger charge is -2.15. The standard InChI is InChI=1S/C18H21N5O2/c1-2-17(24)20-8-9-23-12-15-14(18(23)25)5-6-16(22-15)21-11-13-4-3-7-19-10-13/h3-7,10H,2,8-9,11-12H2,1H3,(H,20,24)(H,21,22). The lowest BCUT2D eigenvalue weighted by molar-refractivity contribution is -0.120. The Hall–Kier alpha value is -2.96. The van der Waals surface area contributed by atoms with Gasteiger partial charge in [0.1, 0.15) is 5.82 Å². The van der Waals surface area contributed by atoms with Crippen molar-refractivity contribution >= 4 is 17.6 Å². The van der Waals surface area contributed by atoms with Crippen molar-refractivity contribution in [2.75, 3.05) is 18.4 Å². The van der Waals surface area contributed by atoms with Gasteiger partial charge >= 0.3 is 0 Å². The molecule has 3 rings (SSSR count). The Bertz CT molecular complexity index is 763. The number of hydrogen-bond donors (Lipinski definition) is 2. The number of carbonyl (C=O) groups is 2. The smallest absolute Gasteiger partial charge is 0.256 e. The van der Waals surface area contributed by atoms with E-state index in [1.807, 2.05) is 18.2 Å². The Labute approximate surface area is 146 Å². The Morgan fingerprint density at radius 1 is 1.32 bits per heavy atom. The summed E-state index contributed by atoms with van der Waals surface area (Å²) in [4.78, 5) is 34.0. The zero-order valence-corrected chi connectivity index (χ0v) is 14.2. The van der Waals surface area contributed by atoms with Gasteiger partial charge in [-0.15, -0.1) is 0 Å². The van der Waals surface area contributed by atoms with E-state index in [2.05, 4.69) is 20.6 Å². The molecule has 2 amide bonds. The number of pyridine rings is 2. The van der Waals surface area contributed by atoms with E-state index in [0.717, 1.165) is 17.1 Å². The average molecular weight is 339 g/mol. The third kappa shape index (κ3) is 4.12. The minimum absolute atomic E-state index is 0.0100. The molecule has 0 fully saturated rings. The van der Waals surface area contributed by atoms with Crippen molar-refractivity contribution in [3.05, 3.63) is 53.5 Å². The van der Waals surface area contributed by atoms with Gasteiger partial charge < -0.3 is 15.5 Å². The molecule has 1 aliphatic rings. The van der Waals surface area contributed by atoms with Gasteiger partial charge in [0.05, 0.1) is 17.8 Å². The molecule has 0 spiro atoms. The maximum Gasteiger partial charge on any atom is 0.256 e. The molecule has 0 bridgehead atoms. The predicted octanol–water partition coefficient (Wildman–Crippen LogP) is 1.57. The monoisotopic (exact) mass is 339 g/mol. The minimum Gasteiger partial charge on any atom is -0.366 e. The summed E-state index contributed by atoms with van der Waals surface area (Å²) in [5, 5.41) is 6.03. The topological polar surface area (TPSA) is 87.2 Å². The molecular weight excluding hydrogens is 318 g/mol. The lowest BCUT2D eigenvalue weighted by atomic mass is 10.2. The van der Waals surface area contributed by atoms with E-state index in [9.17, 15) is 9.59 Å². The van der Waals surface area contributed by atoms with Crippen molar-refractivity contribution in [2.45, 2.75) is 26.4 Å². The molecule has 0 atom stereocenters. The average Bonchev–Trinajstić information content (AvgIpc) is 2.96. The van der Waals surface area contributed by atoms with E-state index in [-0.39, 0.29) is 11.8 Å². The Morgan fingerprint density at radius 3 is 2.96 bits per heavy atom. The van der Waals surface area contributed by atoms with E-state index >= 15 is 0 Å². The lowest BCUT2D eigenvalue weighted by Crippen LogP contribution is -2.34. The number of hydrogen-bond acceptors (Lipinski definition) is 5. The van der Waals surface area contributed by atoms with E-state index in [4.69, 9.17) is 0 Å². The molecule has 0 aromatic carbocycles. The second-order valence-electron chi connectivity index (χ2n) is 5.84. The van der Waals surface area contributed by atoms with E-state index < -0.39 is 0 Å². The van der Waals surface area contributed by atoms with Gasteiger partial charge in [0.15, 0.2) is 0 Å². The number of rotatable bonds is 7. The van der Waals surface area contributed by atoms with E-state index in [0.29, 0.717) is 38.2 Å². The van der Waals surface area contributed by atoms with Crippen molar-refractivity contribution < 1.29 is 9.59 Å². The summed E-state index contributed by atoms with van der Waals surface area (Å²) in [6, 6.07) is 7.50. The highest BCUT2D eigenvalue weighted by Crippen LogP contribution is 2.22. The molecule has 0 unspecified atom stereocenters.